The van der Waals surface area contributed by atoms with Crippen LogP contribution >= 0.6 is 0 Å². The molecule has 2 amide bonds. The molecular formula is C15H27N3O7. The molecule has 10 nitrogen and oxygen atoms in total. The predicted molar refractivity (Wildman–Crippen MR) is 87.5 cm³/mol. The minimum Gasteiger partial charge on any atom is -0.481 e. The lowest BCUT2D eigenvalue weighted by molar-refractivity contribution is -0.143. The second kappa shape index (κ2) is 10.6. The zero-order valence-corrected chi connectivity index (χ0v) is 14.6. The summed E-state index contributed by atoms with van der Waals surface area (Å²) in [5.41, 5.74) is 5.52. The summed E-state index contributed by atoms with van der Waals surface area (Å²) in [7, 11) is 0. The van der Waals surface area contributed by atoms with E-state index in [0.29, 0.717) is 0 Å². The Labute approximate surface area is 145 Å². The molecule has 0 aliphatic heterocycles. The summed E-state index contributed by atoms with van der Waals surface area (Å²) in [6, 6.07) is -3.67. The van der Waals surface area contributed by atoms with Gasteiger partial charge in [0.05, 0.1) is 6.10 Å². The van der Waals surface area contributed by atoms with Crippen LogP contribution in [0.1, 0.15) is 40.0 Å². The van der Waals surface area contributed by atoms with Gasteiger partial charge in [0, 0.05) is 6.42 Å². The molecule has 144 valence electrons. The monoisotopic (exact) mass is 361 g/mol. The third-order valence-electron chi connectivity index (χ3n) is 3.42. The van der Waals surface area contributed by atoms with Crippen LogP contribution in [-0.4, -0.2) is 63.3 Å². The third-order valence-corrected chi connectivity index (χ3v) is 3.42. The van der Waals surface area contributed by atoms with Crippen molar-refractivity contribution in [2.24, 2.45) is 11.7 Å². The Morgan fingerprint density at radius 1 is 0.960 bits per heavy atom. The number of nitrogens with two attached hydrogens (primary N) is 1. The van der Waals surface area contributed by atoms with E-state index in [9.17, 15) is 24.3 Å². The summed E-state index contributed by atoms with van der Waals surface area (Å²) in [4.78, 5) is 46.0. The number of aliphatic carboxylic acids is 2. The smallest absolute Gasteiger partial charge is 0.326 e. The Morgan fingerprint density at radius 2 is 1.48 bits per heavy atom. The Hall–Kier alpha value is -2.20. The number of nitrogens with one attached hydrogen (secondary N) is 2. The molecule has 0 heterocycles. The quantitative estimate of drug-likeness (QED) is 0.261. The van der Waals surface area contributed by atoms with Crippen LogP contribution in [0.15, 0.2) is 0 Å². The maximum atomic E-state index is 12.3. The van der Waals surface area contributed by atoms with Crippen molar-refractivity contribution in [2.45, 2.75) is 64.3 Å². The Morgan fingerprint density at radius 3 is 1.88 bits per heavy atom. The van der Waals surface area contributed by atoms with Gasteiger partial charge in [-0.2, -0.15) is 0 Å². The fourth-order valence-electron chi connectivity index (χ4n) is 1.99. The van der Waals surface area contributed by atoms with Gasteiger partial charge < -0.3 is 31.7 Å². The van der Waals surface area contributed by atoms with Crippen LogP contribution in [0.5, 0.6) is 0 Å². The number of hydrogen-bond acceptors (Lipinski definition) is 6. The van der Waals surface area contributed by atoms with Crippen LogP contribution in [0, 0.1) is 5.92 Å². The summed E-state index contributed by atoms with van der Waals surface area (Å²) in [5, 5.41) is 31.7. The van der Waals surface area contributed by atoms with Gasteiger partial charge in [0.15, 0.2) is 0 Å². The number of rotatable bonds is 11. The lowest BCUT2D eigenvalue weighted by atomic mass is 10.0. The average Bonchev–Trinajstić information content (AvgIpc) is 2.48. The minimum atomic E-state index is -1.39. The molecule has 0 radical (unpaired) electrons. The summed E-state index contributed by atoms with van der Waals surface area (Å²) < 4.78 is 0. The van der Waals surface area contributed by atoms with Crippen LogP contribution in [0.2, 0.25) is 0 Å². The second-order valence-electron chi connectivity index (χ2n) is 6.29. The van der Waals surface area contributed by atoms with Gasteiger partial charge in [0.2, 0.25) is 11.8 Å². The molecule has 0 rings (SSSR count). The summed E-state index contributed by atoms with van der Waals surface area (Å²) in [6.45, 7) is 4.94. The molecule has 0 aliphatic carbocycles. The maximum Gasteiger partial charge on any atom is 0.326 e. The van der Waals surface area contributed by atoms with E-state index in [1.54, 1.807) is 13.8 Å². The SMILES string of the molecule is CC(C)C[C@H](NC(=O)[C@@H](N)[C@@H](C)O)C(=O)N[C@@H](CCC(=O)O)C(=O)O. The first-order valence-corrected chi connectivity index (χ1v) is 7.94. The highest BCUT2D eigenvalue weighted by Gasteiger charge is 2.29. The normalized spacial score (nSPS) is 15.8. The molecule has 0 aromatic heterocycles. The Kier molecular flexibility index (Phi) is 9.69. The number of carbonyl (C=O) groups excluding carboxylic acids is 2. The molecule has 10 heteroatoms. The van der Waals surface area contributed by atoms with Gasteiger partial charge >= 0.3 is 11.9 Å². The van der Waals surface area contributed by atoms with Crippen molar-refractivity contribution in [3.63, 3.8) is 0 Å². The fraction of sp³-hybridized carbons (Fsp3) is 0.733. The molecular weight excluding hydrogens is 334 g/mol. The van der Waals surface area contributed by atoms with Gasteiger partial charge in [-0.05, 0) is 25.7 Å². The zero-order chi connectivity index (χ0) is 19.7. The van der Waals surface area contributed by atoms with Crippen molar-refractivity contribution >= 4 is 23.8 Å². The fourth-order valence-corrected chi connectivity index (χ4v) is 1.99. The lowest BCUT2D eigenvalue weighted by Gasteiger charge is -2.24. The van der Waals surface area contributed by atoms with E-state index < -0.39 is 54.4 Å². The molecule has 0 aromatic rings. The average molecular weight is 361 g/mol. The van der Waals surface area contributed by atoms with E-state index in [0.717, 1.165) is 0 Å². The first-order chi connectivity index (χ1) is 11.5. The molecule has 0 saturated heterocycles. The van der Waals surface area contributed by atoms with Gasteiger partial charge in [-0.3, -0.25) is 14.4 Å². The number of hydrogen-bond donors (Lipinski definition) is 6. The van der Waals surface area contributed by atoms with Crippen molar-refractivity contribution in [2.75, 3.05) is 0 Å². The van der Waals surface area contributed by atoms with E-state index in [1.807, 2.05) is 0 Å². The van der Waals surface area contributed by atoms with Crippen LogP contribution in [0.25, 0.3) is 0 Å². The molecule has 0 aliphatic rings. The Balaban J connectivity index is 5.05. The molecule has 0 aromatic carbocycles. The molecule has 0 saturated carbocycles. The number of amides is 2. The van der Waals surface area contributed by atoms with Crippen molar-refractivity contribution in [1.29, 1.82) is 0 Å². The van der Waals surface area contributed by atoms with Crippen LogP contribution in [0.3, 0.4) is 0 Å². The first-order valence-electron chi connectivity index (χ1n) is 7.94. The van der Waals surface area contributed by atoms with Crippen LogP contribution in [-0.2, 0) is 19.2 Å². The third kappa shape index (κ3) is 9.01. The first kappa shape index (κ1) is 22.8. The number of aliphatic hydroxyl groups is 1. The number of carbonyl (C=O) groups is 4. The summed E-state index contributed by atoms with van der Waals surface area (Å²) >= 11 is 0. The molecule has 0 spiro atoms. The van der Waals surface area contributed by atoms with E-state index in [-0.39, 0.29) is 18.8 Å². The van der Waals surface area contributed by atoms with Crippen LogP contribution in [0.4, 0.5) is 0 Å². The molecule has 4 atom stereocenters. The van der Waals surface area contributed by atoms with Gasteiger partial charge in [-0.15, -0.1) is 0 Å². The van der Waals surface area contributed by atoms with Crippen molar-refractivity contribution in [3.8, 4) is 0 Å². The van der Waals surface area contributed by atoms with E-state index >= 15 is 0 Å². The largest absolute Gasteiger partial charge is 0.481 e. The van der Waals surface area contributed by atoms with E-state index in [4.69, 9.17) is 15.9 Å². The number of carboxylic acids is 2. The molecule has 0 unspecified atom stereocenters. The minimum absolute atomic E-state index is 0.00104. The van der Waals surface area contributed by atoms with Crippen LogP contribution < -0.4 is 16.4 Å². The number of aliphatic hydroxyl groups excluding tert-OH is 1. The van der Waals surface area contributed by atoms with Crippen molar-refractivity contribution < 1.29 is 34.5 Å². The highest BCUT2D eigenvalue weighted by molar-refractivity contribution is 5.92. The van der Waals surface area contributed by atoms with Gasteiger partial charge in [0.1, 0.15) is 18.1 Å². The lowest BCUT2D eigenvalue weighted by Crippen LogP contribution is -2.56. The standard InChI is InChI=1S/C15H27N3O7/c1-7(2)6-10(18-14(23)12(16)8(3)19)13(22)17-9(15(24)25)4-5-11(20)21/h7-10,12,19H,4-6,16H2,1-3H3,(H,17,22)(H,18,23)(H,20,21)(H,24,25)/t8-,9+,10+,12+/m1/s1. The highest BCUT2D eigenvalue weighted by atomic mass is 16.4. The topological polar surface area (TPSA) is 179 Å². The van der Waals surface area contributed by atoms with E-state index in [1.165, 1.54) is 6.92 Å². The van der Waals surface area contributed by atoms with Gasteiger partial charge in [0.25, 0.3) is 0 Å². The van der Waals surface area contributed by atoms with E-state index in [2.05, 4.69) is 10.6 Å². The highest BCUT2D eigenvalue weighted by Crippen LogP contribution is 2.07. The summed E-state index contributed by atoms with van der Waals surface area (Å²) in [5.74, 6) is -4.05. The zero-order valence-electron chi connectivity index (χ0n) is 14.6. The number of carboxylic acid groups (broad SMARTS) is 2. The van der Waals surface area contributed by atoms with Crippen molar-refractivity contribution in [3.05, 3.63) is 0 Å². The molecule has 0 fully saturated rings. The van der Waals surface area contributed by atoms with Gasteiger partial charge in [-0.25, -0.2) is 4.79 Å². The molecule has 7 N–H and O–H groups in total. The molecule has 25 heavy (non-hydrogen) atoms. The Bertz CT molecular complexity index is 494. The van der Waals surface area contributed by atoms with Crippen molar-refractivity contribution in [1.82, 2.24) is 10.6 Å². The predicted octanol–water partition coefficient (Wildman–Crippen LogP) is -1.34. The maximum absolute atomic E-state index is 12.3. The summed E-state index contributed by atoms with van der Waals surface area (Å²) in [6.07, 6.45) is -1.61. The molecule has 0 bridgehead atoms. The van der Waals surface area contributed by atoms with Gasteiger partial charge in [-0.1, -0.05) is 13.8 Å². The second-order valence-corrected chi connectivity index (χ2v) is 6.29.